The van der Waals surface area contributed by atoms with Gasteiger partial charge < -0.3 is 4.18 Å². The average Bonchev–Trinajstić information content (AvgIpc) is 3.15. The molecule has 4 aromatic carbocycles. The highest BCUT2D eigenvalue weighted by Crippen LogP contribution is 2.38. The molecule has 5 rings (SSSR count). The zero-order valence-corrected chi connectivity index (χ0v) is 22.2. The number of fused-ring (bicyclic) bond motifs is 1. The molecule has 192 valence electrons. The van der Waals surface area contributed by atoms with Gasteiger partial charge in [0.15, 0.2) is 5.75 Å². The van der Waals surface area contributed by atoms with Gasteiger partial charge in [0.1, 0.15) is 10.7 Å². The summed E-state index contributed by atoms with van der Waals surface area (Å²) in [4.78, 5) is 26.9. The van der Waals surface area contributed by atoms with E-state index < -0.39 is 27.1 Å². The van der Waals surface area contributed by atoms with Crippen LogP contribution < -0.4 is 4.18 Å². The van der Waals surface area contributed by atoms with Crippen molar-refractivity contribution in [2.24, 2.45) is 0 Å². The number of amides is 2. The third-order valence-electron chi connectivity index (χ3n) is 5.97. The van der Waals surface area contributed by atoms with Crippen molar-refractivity contribution in [1.29, 1.82) is 0 Å². The van der Waals surface area contributed by atoms with Gasteiger partial charge in [0.05, 0.1) is 11.4 Å². The molecule has 4 aromatic rings. The molecule has 0 unspecified atom stereocenters. The summed E-state index contributed by atoms with van der Waals surface area (Å²) < 4.78 is 46.0. The van der Waals surface area contributed by atoms with Gasteiger partial charge in [-0.1, -0.05) is 65.7 Å². The number of nitrogens with zero attached hydrogens (tertiary/aromatic N) is 1. The minimum absolute atomic E-state index is 0.00628. The fourth-order valence-corrected chi connectivity index (χ4v) is 5.97. The Morgan fingerprint density at radius 2 is 1.71 bits per heavy atom. The van der Waals surface area contributed by atoms with E-state index in [0.29, 0.717) is 22.7 Å². The van der Waals surface area contributed by atoms with Crippen LogP contribution in [0.5, 0.6) is 5.75 Å². The molecule has 0 aromatic heterocycles. The quantitative estimate of drug-likeness (QED) is 0.185. The molecule has 38 heavy (non-hydrogen) atoms. The minimum atomic E-state index is -4.19. The second kappa shape index (κ2) is 10.2. The Morgan fingerprint density at radius 3 is 2.45 bits per heavy atom. The molecule has 1 aliphatic rings. The van der Waals surface area contributed by atoms with Crippen LogP contribution in [-0.2, 0) is 21.5 Å². The lowest BCUT2D eigenvalue weighted by Gasteiger charge is -2.14. The summed E-state index contributed by atoms with van der Waals surface area (Å²) in [5.41, 5.74) is 1.23. The van der Waals surface area contributed by atoms with Crippen LogP contribution >= 0.6 is 23.4 Å². The maximum Gasteiger partial charge on any atom is 0.339 e. The van der Waals surface area contributed by atoms with Crippen LogP contribution in [0.1, 0.15) is 16.7 Å². The van der Waals surface area contributed by atoms with Gasteiger partial charge in [-0.2, -0.15) is 8.42 Å². The zero-order valence-electron chi connectivity index (χ0n) is 19.9. The second-order valence-electron chi connectivity index (χ2n) is 8.52. The Kier molecular flexibility index (Phi) is 7.00. The summed E-state index contributed by atoms with van der Waals surface area (Å²) in [5.74, 6) is -1.29. The summed E-state index contributed by atoms with van der Waals surface area (Å²) in [5, 5.41) is 0.888. The van der Waals surface area contributed by atoms with Crippen LogP contribution in [-0.4, -0.2) is 24.5 Å². The molecule has 0 bridgehead atoms. The van der Waals surface area contributed by atoms with Crippen molar-refractivity contribution < 1.29 is 26.6 Å². The van der Waals surface area contributed by atoms with Crippen LogP contribution in [0, 0.1) is 12.7 Å². The Morgan fingerprint density at radius 1 is 0.974 bits per heavy atom. The fourth-order valence-electron chi connectivity index (χ4n) is 3.98. The number of carbonyl (C=O) groups is 2. The molecule has 2 amide bonds. The first-order valence-electron chi connectivity index (χ1n) is 11.4. The minimum Gasteiger partial charge on any atom is -0.378 e. The molecule has 0 spiro atoms. The summed E-state index contributed by atoms with van der Waals surface area (Å²) in [6.45, 7) is 1.50. The third kappa shape index (κ3) is 5.05. The predicted molar refractivity (Wildman–Crippen MR) is 146 cm³/mol. The fraction of sp³-hybridized carbons (Fsp3) is 0.0714. The molecular formula is C28H19ClFNO5S2. The molecular weight excluding hydrogens is 549 g/mol. The Hall–Kier alpha value is -3.66. The number of hydrogen-bond donors (Lipinski definition) is 0. The van der Waals surface area contributed by atoms with E-state index >= 15 is 0 Å². The van der Waals surface area contributed by atoms with Crippen LogP contribution in [0.15, 0.2) is 88.7 Å². The number of carbonyl (C=O) groups excluding carboxylic acids is 2. The molecule has 0 aliphatic carbocycles. The van der Waals surface area contributed by atoms with Crippen LogP contribution in [0.4, 0.5) is 9.18 Å². The van der Waals surface area contributed by atoms with Gasteiger partial charge in [0.2, 0.25) is 0 Å². The summed E-state index contributed by atoms with van der Waals surface area (Å²) in [6.07, 6.45) is 1.43. The molecule has 1 heterocycles. The largest absolute Gasteiger partial charge is 0.378 e. The van der Waals surface area contributed by atoms with Crippen molar-refractivity contribution >= 4 is 61.5 Å². The number of thioether (sulfide) groups is 1. The monoisotopic (exact) mass is 567 g/mol. The Bertz CT molecular complexity index is 1720. The lowest BCUT2D eigenvalue weighted by molar-refractivity contribution is -0.123. The SMILES string of the molecule is Cc1ccc(S(=O)(=O)Oc2ccc3ccccc3c2/C=C2\SC(=O)N(Cc3c(F)cccc3Cl)C2=O)cc1. The van der Waals surface area contributed by atoms with E-state index in [9.17, 15) is 22.4 Å². The van der Waals surface area contributed by atoms with Crippen LogP contribution in [0.2, 0.25) is 5.02 Å². The van der Waals surface area contributed by atoms with E-state index in [2.05, 4.69) is 0 Å². The van der Waals surface area contributed by atoms with Crippen molar-refractivity contribution in [2.45, 2.75) is 18.4 Å². The summed E-state index contributed by atoms with van der Waals surface area (Å²) in [6, 6.07) is 20.7. The number of rotatable bonds is 6. The van der Waals surface area contributed by atoms with Gasteiger partial charge in [-0.3, -0.25) is 14.5 Å². The van der Waals surface area contributed by atoms with Crippen LogP contribution in [0.3, 0.4) is 0 Å². The molecule has 0 N–H and O–H groups in total. The van der Waals surface area contributed by atoms with E-state index in [-0.39, 0.29) is 32.7 Å². The lowest BCUT2D eigenvalue weighted by atomic mass is 10.0. The molecule has 1 saturated heterocycles. The average molecular weight is 568 g/mol. The van der Waals surface area contributed by atoms with Gasteiger partial charge in [0.25, 0.3) is 11.1 Å². The van der Waals surface area contributed by atoms with Crippen molar-refractivity contribution in [2.75, 3.05) is 0 Å². The number of hydrogen-bond acceptors (Lipinski definition) is 6. The molecule has 0 atom stereocenters. The molecule has 1 fully saturated rings. The molecule has 0 radical (unpaired) electrons. The molecule has 1 aliphatic heterocycles. The first-order valence-corrected chi connectivity index (χ1v) is 14.0. The predicted octanol–water partition coefficient (Wildman–Crippen LogP) is 6.94. The maximum atomic E-state index is 14.3. The van der Waals surface area contributed by atoms with Gasteiger partial charge in [-0.25, -0.2) is 4.39 Å². The van der Waals surface area contributed by atoms with Gasteiger partial charge in [-0.05, 0) is 65.9 Å². The zero-order chi connectivity index (χ0) is 27.0. The number of imide groups is 1. The molecule has 0 saturated carbocycles. The smallest absolute Gasteiger partial charge is 0.339 e. The number of benzene rings is 4. The number of halogens is 2. The summed E-state index contributed by atoms with van der Waals surface area (Å²) >= 11 is 6.76. The van der Waals surface area contributed by atoms with E-state index in [1.165, 1.54) is 42.5 Å². The van der Waals surface area contributed by atoms with Gasteiger partial charge in [0, 0.05) is 16.1 Å². The second-order valence-corrected chi connectivity index (χ2v) is 11.5. The van der Waals surface area contributed by atoms with E-state index in [1.807, 2.05) is 19.1 Å². The maximum absolute atomic E-state index is 14.3. The molecule has 6 nitrogen and oxygen atoms in total. The van der Waals surface area contributed by atoms with E-state index in [1.54, 1.807) is 30.3 Å². The topological polar surface area (TPSA) is 80.8 Å². The lowest BCUT2D eigenvalue weighted by Crippen LogP contribution is -2.28. The third-order valence-corrected chi connectivity index (χ3v) is 8.48. The van der Waals surface area contributed by atoms with E-state index in [4.69, 9.17) is 15.8 Å². The van der Waals surface area contributed by atoms with E-state index in [0.717, 1.165) is 15.8 Å². The highest BCUT2D eigenvalue weighted by atomic mass is 35.5. The first-order chi connectivity index (χ1) is 18.1. The van der Waals surface area contributed by atoms with Crippen molar-refractivity contribution in [3.05, 3.63) is 111 Å². The summed E-state index contributed by atoms with van der Waals surface area (Å²) in [7, 11) is -4.19. The molecule has 10 heteroatoms. The van der Waals surface area contributed by atoms with Crippen molar-refractivity contribution in [3.8, 4) is 5.75 Å². The van der Waals surface area contributed by atoms with Crippen molar-refractivity contribution in [1.82, 2.24) is 4.90 Å². The Labute approximate surface area is 227 Å². The Balaban J connectivity index is 1.55. The van der Waals surface area contributed by atoms with Crippen LogP contribution in [0.25, 0.3) is 16.8 Å². The highest BCUT2D eigenvalue weighted by Gasteiger charge is 2.36. The van der Waals surface area contributed by atoms with Gasteiger partial charge in [-0.15, -0.1) is 0 Å². The highest BCUT2D eigenvalue weighted by molar-refractivity contribution is 8.18. The normalized spacial score (nSPS) is 15.0. The first kappa shape index (κ1) is 26.0. The standard InChI is InChI=1S/C28H19ClFNO5S2/c1-17-9-12-19(13-10-17)38(34,35)36-25-14-11-18-5-2-3-6-20(18)21(25)15-26-27(32)31(28(33)37-26)16-22-23(29)7-4-8-24(22)30/h2-15H,16H2,1H3/b26-15-. The van der Waals surface area contributed by atoms with Gasteiger partial charge >= 0.3 is 10.1 Å². The van der Waals surface area contributed by atoms with Crippen molar-refractivity contribution in [3.63, 3.8) is 0 Å². The number of aryl methyl sites for hydroxylation is 1.